The molecule has 1 saturated heterocycles. The van der Waals surface area contributed by atoms with E-state index in [0.29, 0.717) is 0 Å². The Kier molecular flexibility index (Phi) is 6.63. The van der Waals surface area contributed by atoms with E-state index >= 15 is 0 Å². The lowest BCUT2D eigenvalue weighted by Crippen LogP contribution is -2.29. The largest absolute Gasteiger partial charge is 0.507 e. The van der Waals surface area contributed by atoms with E-state index in [1.165, 1.54) is 36.4 Å². The number of nitro benzene ring substituents is 1. The second-order valence-electron chi connectivity index (χ2n) is 7.73. The van der Waals surface area contributed by atoms with Crippen molar-refractivity contribution in [2.75, 3.05) is 11.5 Å². The van der Waals surface area contributed by atoms with Crippen molar-refractivity contribution in [3.8, 4) is 11.5 Å². The zero-order valence-electron chi connectivity index (χ0n) is 18.6. The van der Waals surface area contributed by atoms with Gasteiger partial charge < -0.3 is 14.9 Å². The van der Waals surface area contributed by atoms with E-state index in [1.807, 2.05) is 0 Å². The summed E-state index contributed by atoms with van der Waals surface area (Å²) in [6.45, 7) is 2.00. The van der Waals surface area contributed by atoms with Gasteiger partial charge in [-0.1, -0.05) is 23.7 Å². The molecule has 4 rings (SSSR count). The first-order valence-electron chi connectivity index (χ1n) is 10.6. The molecule has 3 aromatic rings. The molecule has 0 aliphatic carbocycles. The number of benzene rings is 3. The van der Waals surface area contributed by atoms with Crippen LogP contribution in [0.5, 0.6) is 11.5 Å². The Hall–Kier alpha value is -4.44. The smallest absolute Gasteiger partial charge is 0.311 e. The third-order valence-electron chi connectivity index (χ3n) is 5.55. The predicted octanol–water partition coefficient (Wildman–Crippen LogP) is 5.12. The molecule has 0 aromatic heterocycles. The number of anilines is 1. The summed E-state index contributed by atoms with van der Waals surface area (Å²) in [7, 11) is 0. The maximum absolute atomic E-state index is 14.0. The van der Waals surface area contributed by atoms with Gasteiger partial charge in [-0.05, 0) is 55.0 Å². The molecule has 9 nitrogen and oxygen atoms in total. The predicted molar refractivity (Wildman–Crippen MR) is 129 cm³/mol. The van der Waals surface area contributed by atoms with Gasteiger partial charge >= 0.3 is 5.69 Å². The summed E-state index contributed by atoms with van der Waals surface area (Å²) in [6.07, 6.45) is 0. The maximum Gasteiger partial charge on any atom is 0.311 e. The number of carbonyl (C=O) groups is 2. The molecule has 36 heavy (non-hydrogen) atoms. The molecule has 1 heterocycles. The van der Waals surface area contributed by atoms with Crippen molar-refractivity contribution in [2.24, 2.45) is 0 Å². The molecule has 0 saturated carbocycles. The molecule has 1 aliphatic rings. The molecule has 1 atom stereocenters. The van der Waals surface area contributed by atoms with Crippen LogP contribution in [0.4, 0.5) is 15.8 Å². The van der Waals surface area contributed by atoms with Gasteiger partial charge in [0.15, 0.2) is 5.75 Å². The molecule has 184 valence electrons. The molecule has 0 bridgehead atoms. The Morgan fingerprint density at radius 1 is 1.17 bits per heavy atom. The lowest BCUT2D eigenvalue weighted by Gasteiger charge is -2.25. The SMILES string of the molecule is CCOc1cc(/C(O)=C2/C(=O)C(=O)N(c3cccc(F)c3)C2c2ccc(O)c([N+](=O)[O-])c2)ccc1Cl. The highest BCUT2D eigenvalue weighted by molar-refractivity contribution is 6.51. The minimum atomic E-state index is -1.38. The van der Waals surface area contributed by atoms with Gasteiger partial charge in [-0.25, -0.2) is 4.39 Å². The highest BCUT2D eigenvalue weighted by atomic mass is 35.5. The minimum Gasteiger partial charge on any atom is -0.507 e. The number of halogens is 2. The topological polar surface area (TPSA) is 130 Å². The van der Waals surface area contributed by atoms with Crippen LogP contribution in [0.2, 0.25) is 5.02 Å². The Balaban J connectivity index is 1.99. The monoisotopic (exact) mass is 512 g/mol. The number of ether oxygens (including phenoxy) is 1. The minimum absolute atomic E-state index is 0.0111. The molecule has 2 N–H and O–H groups in total. The van der Waals surface area contributed by atoms with Gasteiger partial charge in [0.25, 0.3) is 11.7 Å². The normalized spacial score (nSPS) is 16.9. The van der Waals surface area contributed by atoms with Crippen molar-refractivity contribution in [2.45, 2.75) is 13.0 Å². The molecular formula is C25H18ClFN2O7. The number of hydrogen-bond donors (Lipinski definition) is 2. The standard InChI is InChI=1S/C25H18ClFN2O7/c1-2-36-20-11-14(6-8-17(20)26)23(31)21-22(13-7-9-19(30)18(10-13)29(34)35)28(25(33)24(21)32)16-5-3-4-15(27)12-16/h3-12,22,30-31H,2H2,1H3/b23-21-. The second kappa shape index (κ2) is 9.67. The second-order valence-corrected chi connectivity index (χ2v) is 8.14. The summed E-state index contributed by atoms with van der Waals surface area (Å²) in [6, 6.07) is 11.0. The molecular weight excluding hydrogens is 495 g/mol. The van der Waals surface area contributed by atoms with Gasteiger partial charge in [-0.2, -0.15) is 0 Å². The number of Topliss-reactive ketones (excluding diaryl/α,β-unsaturated/α-hetero) is 1. The first-order valence-corrected chi connectivity index (χ1v) is 11.0. The first-order chi connectivity index (χ1) is 17.1. The number of nitro groups is 1. The van der Waals surface area contributed by atoms with Gasteiger partial charge in [0.2, 0.25) is 0 Å². The van der Waals surface area contributed by atoms with Crippen LogP contribution in [0.1, 0.15) is 24.1 Å². The number of hydrogen-bond acceptors (Lipinski definition) is 7. The number of ketones is 1. The Bertz CT molecular complexity index is 1440. The van der Waals surface area contributed by atoms with Crippen molar-refractivity contribution in [3.05, 3.63) is 98.3 Å². The summed E-state index contributed by atoms with van der Waals surface area (Å²) >= 11 is 6.12. The van der Waals surface area contributed by atoms with Crippen molar-refractivity contribution >= 4 is 40.4 Å². The molecule has 1 amide bonds. The van der Waals surface area contributed by atoms with Gasteiger partial charge in [0, 0.05) is 17.3 Å². The zero-order valence-corrected chi connectivity index (χ0v) is 19.4. The zero-order chi connectivity index (χ0) is 26.1. The van der Waals surface area contributed by atoms with Crippen LogP contribution in [-0.4, -0.2) is 33.4 Å². The van der Waals surface area contributed by atoms with Crippen LogP contribution >= 0.6 is 11.6 Å². The Labute approximate surface area is 208 Å². The maximum atomic E-state index is 14.0. The molecule has 1 aliphatic heterocycles. The molecule has 1 unspecified atom stereocenters. The summed E-state index contributed by atoms with van der Waals surface area (Å²) in [5, 5.41) is 32.8. The number of nitrogens with zero attached hydrogens (tertiary/aromatic N) is 2. The van der Waals surface area contributed by atoms with Crippen molar-refractivity contribution in [1.29, 1.82) is 0 Å². The lowest BCUT2D eigenvalue weighted by atomic mass is 9.94. The average Bonchev–Trinajstić information content (AvgIpc) is 3.10. The van der Waals surface area contributed by atoms with Crippen LogP contribution in [0.3, 0.4) is 0 Å². The molecule has 0 radical (unpaired) electrons. The number of aliphatic hydroxyl groups is 1. The van der Waals surface area contributed by atoms with Crippen molar-refractivity contribution in [3.63, 3.8) is 0 Å². The average molecular weight is 513 g/mol. The third kappa shape index (κ3) is 4.34. The number of phenols is 1. The van der Waals surface area contributed by atoms with E-state index < -0.39 is 51.2 Å². The van der Waals surface area contributed by atoms with Crippen LogP contribution in [0, 0.1) is 15.9 Å². The number of phenolic OH excluding ortho intramolecular Hbond substituents is 1. The molecule has 3 aromatic carbocycles. The van der Waals surface area contributed by atoms with E-state index in [0.717, 1.165) is 29.2 Å². The first kappa shape index (κ1) is 24.7. The van der Waals surface area contributed by atoms with Crippen molar-refractivity contribution in [1.82, 2.24) is 0 Å². The van der Waals surface area contributed by atoms with E-state index in [4.69, 9.17) is 16.3 Å². The quantitative estimate of drug-likeness (QED) is 0.154. The fourth-order valence-corrected chi connectivity index (χ4v) is 4.14. The van der Waals surface area contributed by atoms with Crippen LogP contribution < -0.4 is 9.64 Å². The van der Waals surface area contributed by atoms with Gasteiger partial charge in [0.05, 0.1) is 28.2 Å². The van der Waals surface area contributed by atoms with E-state index in [1.54, 1.807) is 6.92 Å². The highest BCUT2D eigenvalue weighted by Gasteiger charge is 2.47. The molecule has 0 spiro atoms. The highest BCUT2D eigenvalue weighted by Crippen LogP contribution is 2.44. The van der Waals surface area contributed by atoms with E-state index in [9.17, 15) is 34.3 Å². The van der Waals surface area contributed by atoms with Gasteiger partial charge in [-0.3, -0.25) is 24.6 Å². The Morgan fingerprint density at radius 3 is 2.58 bits per heavy atom. The summed E-state index contributed by atoms with van der Waals surface area (Å²) in [5.41, 5.74) is -0.957. The molecule has 11 heteroatoms. The number of carbonyl (C=O) groups excluding carboxylic acids is 2. The lowest BCUT2D eigenvalue weighted by molar-refractivity contribution is -0.385. The number of rotatable bonds is 6. The number of aromatic hydroxyl groups is 1. The number of amides is 1. The van der Waals surface area contributed by atoms with Crippen LogP contribution in [-0.2, 0) is 9.59 Å². The van der Waals surface area contributed by atoms with Crippen molar-refractivity contribution < 1.29 is 33.9 Å². The summed E-state index contributed by atoms with van der Waals surface area (Å²) in [4.78, 5) is 37.9. The van der Waals surface area contributed by atoms with Crippen LogP contribution in [0.15, 0.2) is 66.2 Å². The Morgan fingerprint density at radius 2 is 1.92 bits per heavy atom. The molecule has 1 fully saturated rings. The number of aliphatic hydroxyl groups excluding tert-OH is 1. The van der Waals surface area contributed by atoms with Gasteiger partial charge in [0.1, 0.15) is 17.3 Å². The fraction of sp³-hybridized carbons (Fsp3) is 0.120. The fourth-order valence-electron chi connectivity index (χ4n) is 3.97. The summed E-state index contributed by atoms with van der Waals surface area (Å²) in [5.74, 6) is -3.87. The van der Waals surface area contributed by atoms with E-state index in [2.05, 4.69) is 0 Å². The summed E-state index contributed by atoms with van der Waals surface area (Å²) < 4.78 is 19.5. The van der Waals surface area contributed by atoms with E-state index in [-0.39, 0.29) is 34.2 Å². The van der Waals surface area contributed by atoms with Gasteiger partial charge in [-0.15, -0.1) is 0 Å². The van der Waals surface area contributed by atoms with Crippen LogP contribution in [0.25, 0.3) is 5.76 Å². The third-order valence-corrected chi connectivity index (χ3v) is 5.86.